The molecule has 0 radical (unpaired) electrons. The van der Waals surface area contributed by atoms with Crippen LogP contribution in [0.25, 0.3) is 11.1 Å². The van der Waals surface area contributed by atoms with E-state index in [4.69, 9.17) is 4.52 Å². The van der Waals surface area contributed by atoms with Crippen molar-refractivity contribution in [3.8, 4) is 0 Å². The van der Waals surface area contributed by atoms with Crippen molar-refractivity contribution in [1.29, 1.82) is 0 Å². The van der Waals surface area contributed by atoms with E-state index in [1.165, 1.54) is 6.33 Å². The zero-order valence-corrected chi connectivity index (χ0v) is 9.73. The Balaban J connectivity index is 1.91. The topological polar surface area (TPSA) is 75.9 Å². The van der Waals surface area contributed by atoms with Crippen LogP contribution in [0.5, 0.6) is 0 Å². The minimum absolute atomic E-state index is 0.462. The Morgan fingerprint density at radius 1 is 1.35 bits per heavy atom. The summed E-state index contributed by atoms with van der Waals surface area (Å²) in [7, 11) is 0. The Morgan fingerprint density at radius 3 is 3.00 bits per heavy atom. The third-order valence-corrected chi connectivity index (χ3v) is 3.12. The van der Waals surface area contributed by atoms with Crippen molar-refractivity contribution in [1.82, 2.24) is 20.4 Å². The largest absolute Gasteiger partial charge is 0.366 e. The van der Waals surface area contributed by atoms with Crippen molar-refractivity contribution >= 4 is 16.9 Å². The summed E-state index contributed by atoms with van der Waals surface area (Å²) in [5.74, 6) is 0.834. The molecular weight excluding hydrogens is 218 g/mol. The Hall–Kier alpha value is -1.69. The molecule has 90 valence electrons. The first-order valence-corrected chi connectivity index (χ1v) is 5.89. The minimum atomic E-state index is 0.462. The van der Waals surface area contributed by atoms with Gasteiger partial charge in [-0.3, -0.25) is 0 Å². The molecule has 0 amide bonds. The predicted molar refractivity (Wildman–Crippen MR) is 63.9 cm³/mol. The number of rotatable bonds is 2. The third-order valence-electron chi connectivity index (χ3n) is 3.12. The van der Waals surface area contributed by atoms with Gasteiger partial charge in [0.05, 0.1) is 5.69 Å². The molecular formula is C11H15N5O. The summed E-state index contributed by atoms with van der Waals surface area (Å²) in [6.45, 7) is 4.01. The fraction of sp³-hybridized carbons (Fsp3) is 0.545. The number of aryl methyl sites for hydroxylation is 1. The van der Waals surface area contributed by atoms with Gasteiger partial charge in [0.1, 0.15) is 17.5 Å². The molecule has 0 unspecified atom stereocenters. The van der Waals surface area contributed by atoms with E-state index < -0.39 is 0 Å². The number of nitrogens with one attached hydrogen (secondary N) is 2. The number of piperidine rings is 1. The van der Waals surface area contributed by atoms with E-state index in [0.717, 1.165) is 42.8 Å². The molecule has 17 heavy (non-hydrogen) atoms. The molecule has 0 bridgehead atoms. The van der Waals surface area contributed by atoms with E-state index >= 15 is 0 Å². The summed E-state index contributed by atoms with van der Waals surface area (Å²) < 4.78 is 5.13. The molecule has 3 heterocycles. The molecule has 0 spiro atoms. The first-order chi connectivity index (χ1) is 8.34. The van der Waals surface area contributed by atoms with Crippen LogP contribution >= 0.6 is 0 Å². The molecule has 1 fully saturated rings. The molecule has 3 rings (SSSR count). The van der Waals surface area contributed by atoms with Crippen molar-refractivity contribution < 1.29 is 4.52 Å². The number of hydrogen-bond acceptors (Lipinski definition) is 6. The Labute approximate surface area is 98.8 Å². The van der Waals surface area contributed by atoms with Gasteiger partial charge in [0.25, 0.3) is 5.71 Å². The zero-order valence-electron chi connectivity index (χ0n) is 9.73. The van der Waals surface area contributed by atoms with E-state index in [1.54, 1.807) is 0 Å². The van der Waals surface area contributed by atoms with Crippen LogP contribution < -0.4 is 10.6 Å². The summed E-state index contributed by atoms with van der Waals surface area (Å²) in [6, 6.07) is 0.462. The Morgan fingerprint density at radius 2 is 2.18 bits per heavy atom. The summed E-state index contributed by atoms with van der Waals surface area (Å²) >= 11 is 0. The number of nitrogens with zero attached hydrogens (tertiary/aromatic N) is 3. The van der Waals surface area contributed by atoms with Gasteiger partial charge in [-0.25, -0.2) is 4.98 Å². The molecule has 0 aromatic carbocycles. The van der Waals surface area contributed by atoms with Crippen LogP contribution in [0.2, 0.25) is 0 Å². The Kier molecular flexibility index (Phi) is 2.64. The number of fused-ring (bicyclic) bond motifs is 1. The molecule has 0 saturated carbocycles. The van der Waals surface area contributed by atoms with Gasteiger partial charge in [-0.15, -0.1) is 0 Å². The normalized spacial score (nSPS) is 17.5. The quantitative estimate of drug-likeness (QED) is 0.808. The van der Waals surface area contributed by atoms with Crippen LogP contribution in [0.4, 0.5) is 5.82 Å². The second-order valence-electron chi connectivity index (χ2n) is 4.34. The molecule has 2 aromatic rings. The fourth-order valence-electron chi connectivity index (χ4n) is 2.19. The van der Waals surface area contributed by atoms with Gasteiger partial charge in [0.2, 0.25) is 0 Å². The number of aromatic nitrogens is 3. The van der Waals surface area contributed by atoms with Crippen LogP contribution in [0.15, 0.2) is 10.9 Å². The van der Waals surface area contributed by atoms with Gasteiger partial charge >= 0.3 is 0 Å². The molecule has 1 aliphatic heterocycles. The van der Waals surface area contributed by atoms with Crippen molar-refractivity contribution in [3.63, 3.8) is 0 Å². The lowest BCUT2D eigenvalue weighted by Crippen LogP contribution is -2.35. The zero-order chi connectivity index (χ0) is 11.7. The molecule has 6 heteroatoms. The summed E-state index contributed by atoms with van der Waals surface area (Å²) in [5.41, 5.74) is 1.38. The summed E-state index contributed by atoms with van der Waals surface area (Å²) in [6.07, 6.45) is 3.72. The summed E-state index contributed by atoms with van der Waals surface area (Å²) in [5, 5.41) is 11.6. The molecule has 2 aromatic heterocycles. The molecule has 0 atom stereocenters. The van der Waals surface area contributed by atoms with E-state index in [1.807, 2.05) is 6.92 Å². The van der Waals surface area contributed by atoms with Crippen molar-refractivity contribution in [3.05, 3.63) is 12.0 Å². The number of anilines is 1. The second-order valence-corrected chi connectivity index (χ2v) is 4.34. The van der Waals surface area contributed by atoms with Crippen molar-refractivity contribution in [2.75, 3.05) is 18.4 Å². The monoisotopic (exact) mass is 233 g/mol. The highest BCUT2D eigenvalue weighted by atomic mass is 16.5. The second kappa shape index (κ2) is 4.29. The maximum Gasteiger partial charge on any atom is 0.263 e. The first kappa shape index (κ1) is 10.5. The maximum atomic E-state index is 5.13. The molecule has 2 N–H and O–H groups in total. The van der Waals surface area contributed by atoms with E-state index in [2.05, 4.69) is 25.8 Å². The van der Waals surface area contributed by atoms with Crippen LogP contribution in [0.1, 0.15) is 18.5 Å². The minimum Gasteiger partial charge on any atom is -0.366 e. The highest BCUT2D eigenvalue weighted by Crippen LogP contribution is 2.23. The van der Waals surface area contributed by atoms with Gasteiger partial charge < -0.3 is 15.2 Å². The number of hydrogen-bond donors (Lipinski definition) is 2. The third kappa shape index (κ3) is 1.95. The van der Waals surface area contributed by atoms with Gasteiger partial charge in [-0.05, 0) is 32.9 Å². The summed E-state index contributed by atoms with van der Waals surface area (Å²) in [4.78, 5) is 8.35. The van der Waals surface area contributed by atoms with E-state index in [0.29, 0.717) is 11.8 Å². The Bertz CT molecular complexity index is 518. The van der Waals surface area contributed by atoms with Crippen LogP contribution in [0.3, 0.4) is 0 Å². The predicted octanol–water partition coefficient (Wildman–Crippen LogP) is 1.09. The highest BCUT2D eigenvalue weighted by molar-refractivity contribution is 5.87. The molecule has 1 saturated heterocycles. The standard InChI is InChI=1S/C11H15N5O/c1-7-9-10(13-6-14-11(9)17-16-7)15-8-2-4-12-5-3-8/h6,8,12H,2-5H2,1H3,(H,13,14,15). The average molecular weight is 233 g/mol. The van der Waals surface area contributed by atoms with Crippen LogP contribution in [-0.2, 0) is 0 Å². The lowest BCUT2D eigenvalue weighted by molar-refractivity contribution is 0.442. The fourth-order valence-corrected chi connectivity index (χ4v) is 2.19. The SMILES string of the molecule is Cc1noc2ncnc(NC3CCNCC3)c12. The lowest BCUT2D eigenvalue weighted by atomic mass is 10.1. The van der Waals surface area contributed by atoms with Crippen LogP contribution in [0, 0.1) is 6.92 Å². The van der Waals surface area contributed by atoms with Gasteiger partial charge in [-0.1, -0.05) is 5.16 Å². The lowest BCUT2D eigenvalue weighted by Gasteiger charge is -2.24. The van der Waals surface area contributed by atoms with Gasteiger partial charge in [0, 0.05) is 6.04 Å². The molecule has 0 aliphatic carbocycles. The van der Waals surface area contributed by atoms with Gasteiger partial charge in [-0.2, -0.15) is 4.98 Å². The maximum absolute atomic E-state index is 5.13. The van der Waals surface area contributed by atoms with Gasteiger partial charge in [0.15, 0.2) is 0 Å². The van der Waals surface area contributed by atoms with E-state index in [9.17, 15) is 0 Å². The first-order valence-electron chi connectivity index (χ1n) is 5.89. The highest BCUT2D eigenvalue weighted by Gasteiger charge is 2.17. The molecule has 6 nitrogen and oxygen atoms in total. The molecule has 1 aliphatic rings. The smallest absolute Gasteiger partial charge is 0.263 e. The van der Waals surface area contributed by atoms with Crippen LogP contribution in [-0.4, -0.2) is 34.3 Å². The van der Waals surface area contributed by atoms with Crippen molar-refractivity contribution in [2.24, 2.45) is 0 Å². The average Bonchev–Trinajstić information content (AvgIpc) is 2.74. The van der Waals surface area contributed by atoms with Crippen molar-refractivity contribution in [2.45, 2.75) is 25.8 Å². The van der Waals surface area contributed by atoms with E-state index in [-0.39, 0.29) is 0 Å².